The molecule has 3 rings (SSSR count). The van der Waals surface area contributed by atoms with Crippen LogP contribution in [0.5, 0.6) is 0 Å². The predicted octanol–water partition coefficient (Wildman–Crippen LogP) is 0.190. The van der Waals surface area contributed by atoms with Gasteiger partial charge in [-0.25, -0.2) is 0 Å². The molecule has 2 aliphatic rings. The average Bonchev–Trinajstić information content (AvgIpc) is 3.15. The molecule has 0 spiro atoms. The van der Waals surface area contributed by atoms with Crippen LogP contribution in [0.15, 0.2) is 30.3 Å². The minimum Gasteiger partial charge on any atom is -1.00 e. The van der Waals surface area contributed by atoms with Gasteiger partial charge in [0, 0.05) is 0 Å². The van der Waals surface area contributed by atoms with Crippen molar-refractivity contribution in [3.05, 3.63) is 35.9 Å². The summed E-state index contributed by atoms with van der Waals surface area (Å²) < 4.78 is 7.86. The number of nitrogens with zero attached hydrogens (tertiary/aromatic N) is 1. The summed E-state index contributed by atoms with van der Waals surface area (Å²) in [5.41, 5.74) is 1.20. The van der Waals surface area contributed by atoms with Crippen molar-refractivity contribution in [2.75, 3.05) is 27.2 Å². The summed E-state index contributed by atoms with van der Waals surface area (Å²) in [6.07, 6.45) is 6.52. The first-order valence-electron chi connectivity index (χ1n) is 8.76. The van der Waals surface area contributed by atoms with Crippen LogP contribution >= 0.6 is 0 Å². The van der Waals surface area contributed by atoms with Gasteiger partial charge in [-0.15, -0.1) is 0 Å². The predicted molar refractivity (Wildman–Crippen MR) is 93.5 cm³/mol. The van der Waals surface area contributed by atoms with E-state index in [4.69, 9.17) is 4.74 Å². The van der Waals surface area contributed by atoms with E-state index >= 15 is 0 Å². The second-order valence-corrected chi connectivity index (χ2v) is 13.0. The molecule has 5 heteroatoms. The minimum absolute atomic E-state index is 0. The Labute approximate surface area is 168 Å². The molecule has 1 aromatic rings. The SMILES string of the molecule is C[N+]1(C)CCC(OC(=O)[CH]([Po][CH]2CCCC2)c2ccccc2)C1.[Br-]. The molecule has 1 saturated heterocycles. The van der Waals surface area contributed by atoms with Crippen LogP contribution in [0.2, 0.25) is 3.58 Å². The van der Waals surface area contributed by atoms with Gasteiger partial charge >= 0.3 is 152 Å². The van der Waals surface area contributed by atoms with Crippen molar-refractivity contribution in [2.45, 2.75) is 45.4 Å². The van der Waals surface area contributed by atoms with Crippen molar-refractivity contribution in [2.24, 2.45) is 0 Å². The maximum Gasteiger partial charge on any atom is -1.00 e. The fourth-order valence-corrected chi connectivity index (χ4v) is 9.38. The molecule has 1 aromatic carbocycles. The summed E-state index contributed by atoms with van der Waals surface area (Å²) in [6.45, 7) is 2.07. The molecule has 0 aromatic heterocycles. The smallest absolute Gasteiger partial charge is 1.00 e. The Morgan fingerprint density at radius 3 is 2.42 bits per heavy atom. The monoisotopic (exact) mass is 590 g/mol. The van der Waals surface area contributed by atoms with Gasteiger partial charge in [-0.3, -0.25) is 0 Å². The molecule has 134 valence electrons. The van der Waals surface area contributed by atoms with E-state index < -0.39 is 23.6 Å². The Bertz CT molecular complexity index is 531. The number of likely N-dealkylation sites (tertiary alicyclic amines) is 1. The van der Waals surface area contributed by atoms with Crippen LogP contribution < -0.4 is 17.0 Å². The summed E-state index contributed by atoms with van der Waals surface area (Å²) in [5.74, 6) is 0.0694. The second kappa shape index (κ2) is 9.11. The number of ether oxygens (including phenoxy) is 1. The van der Waals surface area contributed by atoms with Crippen LogP contribution in [0.25, 0.3) is 0 Å². The zero-order chi connectivity index (χ0) is 16.3. The topological polar surface area (TPSA) is 26.3 Å². The number of carbonyl (C=O) groups excluding carboxylic acids is 1. The zero-order valence-corrected chi connectivity index (χ0v) is 19.4. The van der Waals surface area contributed by atoms with E-state index in [0.29, 0.717) is 0 Å². The molecular formula is C19H28BrNO2Po. The first-order chi connectivity index (χ1) is 11.0. The fourth-order valence-electron chi connectivity index (χ4n) is 3.66. The van der Waals surface area contributed by atoms with Crippen molar-refractivity contribution in [3.8, 4) is 0 Å². The summed E-state index contributed by atoms with van der Waals surface area (Å²) in [5, 5.41) is 0. The molecule has 1 heterocycles. The summed E-state index contributed by atoms with van der Waals surface area (Å²) in [6, 6.07) is 10.4. The van der Waals surface area contributed by atoms with Crippen molar-refractivity contribution >= 4 is 29.5 Å². The van der Waals surface area contributed by atoms with Crippen LogP contribution in [-0.2, 0) is 9.53 Å². The Morgan fingerprint density at radius 2 is 1.83 bits per heavy atom. The second-order valence-electron chi connectivity index (χ2n) is 7.52. The molecule has 24 heavy (non-hydrogen) atoms. The summed E-state index contributed by atoms with van der Waals surface area (Å²) in [4.78, 5) is 12.9. The van der Waals surface area contributed by atoms with Gasteiger partial charge in [0.15, 0.2) is 0 Å². The minimum atomic E-state index is -0.778. The zero-order valence-electron chi connectivity index (χ0n) is 14.6. The molecule has 0 bridgehead atoms. The standard InChI is InChI=1S/C14H19NO2.C5H9.BrH.Po/c1-15(2)9-8-13(11-15)17-14(16)10-12-6-4-3-5-7-12;1-2-4-5-3-1;;/h3-7,10,13H,8-9,11H2,1-2H3;1H,2-5H2;1H;/q+1;;;/p-1. The summed E-state index contributed by atoms with van der Waals surface area (Å²) >= 11 is -0.778. The number of quaternary nitrogens is 1. The Kier molecular flexibility index (Phi) is 7.72. The van der Waals surface area contributed by atoms with Gasteiger partial charge < -0.3 is 17.0 Å². The molecule has 1 aliphatic carbocycles. The van der Waals surface area contributed by atoms with Crippen LogP contribution in [0, 0.1) is 0 Å². The van der Waals surface area contributed by atoms with Gasteiger partial charge in [0.25, 0.3) is 0 Å². The maximum atomic E-state index is 12.9. The maximum absolute atomic E-state index is 12.9. The quantitative estimate of drug-likeness (QED) is 0.362. The first kappa shape index (κ1) is 20.3. The normalized spacial score (nSPS) is 24.3. The van der Waals surface area contributed by atoms with E-state index in [1.165, 1.54) is 31.2 Å². The molecule has 0 N–H and O–H groups in total. The number of esters is 1. The van der Waals surface area contributed by atoms with Gasteiger partial charge in [-0.05, 0) is 0 Å². The average molecular weight is 591 g/mol. The largest absolute Gasteiger partial charge is 1.00 e. The molecule has 2 fully saturated rings. The van der Waals surface area contributed by atoms with Crippen molar-refractivity contribution in [1.82, 2.24) is 0 Å². The Hall–Kier alpha value is 0.0261. The van der Waals surface area contributed by atoms with Gasteiger partial charge in [0.05, 0.1) is 0 Å². The number of hydrogen-bond donors (Lipinski definition) is 0. The third kappa shape index (κ3) is 5.51. The van der Waals surface area contributed by atoms with Gasteiger partial charge in [-0.1, -0.05) is 0 Å². The van der Waals surface area contributed by atoms with E-state index in [9.17, 15) is 4.79 Å². The molecule has 3 nitrogen and oxygen atoms in total. The van der Waals surface area contributed by atoms with Gasteiger partial charge in [0.1, 0.15) is 0 Å². The molecule has 2 atom stereocenters. The molecular weight excluding hydrogens is 563 g/mol. The molecule has 1 aliphatic heterocycles. The van der Waals surface area contributed by atoms with Crippen LogP contribution in [0.4, 0.5) is 0 Å². The number of rotatable bonds is 5. The van der Waals surface area contributed by atoms with Gasteiger partial charge in [-0.2, -0.15) is 0 Å². The van der Waals surface area contributed by atoms with E-state index in [0.717, 1.165) is 27.6 Å². The number of likely N-dealkylation sites (N-methyl/N-ethyl adjacent to an activating group) is 1. The Morgan fingerprint density at radius 1 is 1.17 bits per heavy atom. The molecule has 1 saturated carbocycles. The number of carbonyl (C=O) groups is 1. The van der Waals surface area contributed by atoms with Crippen molar-refractivity contribution in [3.63, 3.8) is 0 Å². The van der Waals surface area contributed by atoms with E-state index in [1.54, 1.807) is 0 Å². The first-order valence-corrected chi connectivity index (χ1v) is 12.4. The van der Waals surface area contributed by atoms with E-state index in [-0.39, 0.29) is 32.6 Å². The Balaban J connectivity index is 0.00000208. The fraction of sp³-hybridized carbons (Fsp3) is 0.632. The molecule has 0 radical (unpaired) electrons. The van der Waals surface area contributed by atoms with Gasteiger partial charge in [0.2, 0.25) is 0 Å². The van der Waals surface area contributed by atoms with Crippen molar-refractivity contribution in [1.29, 1.82) is 0 Å². The van der Waals surface area contributed by atoms with E-state index in [2.05, 4.69) is 38.4 Å². The van der Waals surface area contributed by atoms with Crippen LogP contribution in [-0.4, -0.2) is 67.3 Å². The van der Waals surface area contributed by atoms with Crippen LogP contribution in [0.1, 0.15) is 41.2 Å². The number of halogens is 1. The van der Waals surface area contributed by atoms with E-state index in [1.807, 2.05) is 6.07 Å². The number of hydrogen-bond acceptors (Lipinski definition) is 2. The molecule has 0 amide bonds. The third-order valence-corrected chi connectivity index (χ3v) is 11.2. The third-order valence-electron chi connectivity index (χ3n) is 4.98. The summed E-state index contributed by atoms with van der Waals surface area (Å²) in [7, 11) is 4.44. The van der Waals surface area contributed by atoms with Crippen LogP contribution in [0.3, 0.4) is 0 Å². The molecule has 2 unspecified atom stereocenters. The number of benzene rings is 1. The van der Waals surface area contributed by atoms with Crippen molar-refractivity contribution < 1.29 is 31.0 Å².